The summed E-state index contributed by atoms with van der Waals surface area (Å²) >= 11 is 5.98. The third-order valence-corrected chi connectivity index (χ3v) is 4.15. The first-order valence-electron chi connectivity index (χ1n) is 4.93. The van der Waals surface area contributed by atoms with Crippen LogP contribution in [0, 0.1) is 0 Å². The summed E-state index contributed by atoms with van der Waals surface area (Å²) in [4.78, 5) is 0. The molecule has 0 aliphatic heterocycles. The molecule has 0 radical (unpaired) electrons. The molecule has 1 N–H and O–H groups in total. The number of sulfonamides is 1. The Balaban J connectivity index is 2.29. The van der Waals surface area contributed by atoms with Crippen molar-refractivity contribution in [2.24, 2.45) is 0 Å². The van der Waals surface area contributed by atoms with Crippen molar-refractivity contribution in [1.82, 2.24) is 4.72 Å². The normalized spacial score (nSPS) is 24.0. The molecule has 1 aromatic carbocycles. The lowest BCUT2D eigenvalue weighted by Crippen LogP contribution is -2.35. The van der Waals surface area contributed by atoms with Gasteiger partial charge < -0.3 is 0 Å². The van der Waals surface area contributed by atoms with E-state index in [0.29, 0.717) is 12.0 Å². The van der Waals surface area contributed by atoms with Crippen molar-refractivity contribution in [1.29, 1.82) is 0 Å². The summed E-state index contributed by atoms with van der Waals surface area (Å²) in [7, 11) is -4.63. The molecule has 0 heterocycles. The number of hydrogen-bond acceptors (Lipinski definition) is 2. The summed E-state index contributed by atoms with van der Waals surface area (Å²) < 4.78 is 48.7. The van der Waals surface area contributed by atoms with Crippen LogP contribution in [0.3, 0.4) is 0 Å². The van der Waals surface area contributed by atoms with Crippen LogP contribution in [0.25, 0.3) is 0 Å². The van der Waals surface area contributed by atoms with Gasteiger partial charge in [-0.05, 0) is 17.5 Å². The van der Waals surface area contributed by atoms with Crippen LogP contribution >= 0.6 is 11.6 Å². The van der Waals surface area contributed by atoms with Crippen molar-refractivity contribution in [3.05, 3.63) is 35.4 Å². The van der Waals surface area contributed by atoms with Crippen LogP contribution in [-0.4, -0.2) is 19.6 Å². The van der Waals surface area contributed by atoms with Crippen molar-refractivity contribution in [3.63, 3.8) is 0 Å². The van der Waals surface area contributed by atoms with Gasteiger partial charge in [0.2, 0.25) is 0 Å². The summed E-state index contributed by atoms with van der Waals surface area (Å²) in [5, 5.41) is -0.541. The molecule has 3 nitrogen and oxygen atoms in total. The maximum Gasteiger partial charge on any atom is 0.350 e. The maximum atomic E-state index is 12.3. The molecule has 0 amide bonds. The Morgan fingerprint density at radius 3 is 2.65 bits per heavy atom. The molecule has 94 valence electrons. The van der Waals surface area contributed by atoms with Gasteiger partial charge in [-0.25, -0.2) is 13.1 Å². The lowest BCUT2D eigenvalue weighted by Gasteiger charge is -2.16. The van der Waals surface area contributed by atoms with Gasteiger partial charge in [0.25, 0.3) is 10.0 Å². The Kier molecular flexibility index (Phi) is 3.38. The first-order chi connectivity index (χ1) is 7.92. The number of fused-ring (bicyclic) bond motifs is 1. The summed E-state index contributed by atoms with van der Waals surface area (Å²) in [6.07, 6.45) is 0.466. The van der Waals surface area contributed by atoms with Crippen LogP contribution < -0.4 is 4.72 Å². The Bertz CT molecular complexity index is 521. The fraction of sp³-hybridized carbons (Fsp3) is 0.400. The van der Waals surface area contributed by atoms with Crippen molar-refractivity contribution in [2.75, 3.05) is 0 Å². The van der Waals surface area contributed by atoms with E-state index in [0.717, 1.165) is 5.56 Å². The zero-order chi connectivity index (χ0) is 12.6. The van der Waals surface area contributed by atoms with E-state index in [1.807, 2.05) is 4.72 Å². The Morgan fingerprint density at radius 2 is 2.00 bits per heavy atom. The van der Waals surface area contributed by atoms with E-state index in [1.165, 1.54) is 0 Å². The van der Waals surface area contributed by atoms with Crippen LogP contribution in [0.2, 0.25) is 0 Å². The molecule has 0 spiro atoms. The highest BCUT2D eigenvalue weighted by Gasteiger charge is 2.36. The highest BCUT2D eigenvalue weighted by Crippen LogP contribution is 2.35. The van der Waals surface area contributed by atoms with Gasteiger partial charge in [-0.2, -0.15) is 8.78 Å². The lowest BCUT2D eigenvalue weighted by atomic mass is 10.1. The summed E-state index contributed by atoms with van der Waals surface area (Å²) in [5.41, 5.74) is 1.55. The first kappa shape index (κ1) is 12.7. The van der Waals surface area contributed by atoms with E-state index >= 15 is 0 Å². The average molecular weight is 282 g/mol. The molecule has 0 saturated heterocycles. The molecule has 2 atom stereocenters. The molecule has 7 heteroatoms. The molecule has 0 fully saturated rings. The maximum absolute atomic E-state index is 12.3. The van der Waals surface area contributed by atoms with Crippen LogP contribution in [0.1, 0.15) is 17.2 Å². The predicted octanol–water partition coefficient (Wildman–Crippen LogP) is 2.03. The van der Waals surface area contributed by atoms with Crippen molar-refractivity contribution < 1.29 is 17.2 Å². The van der Waals surface area contributed by atoms with Gasteiger partial charge in [-0.15, -0.1) is 11.6 Å². The van der Waals surface area contributed by atoms with Crippen LogP contribution in [0.4, 0.5) is 8.78 Å². The molecule has 1 aromatic rings. The molecule has 1 aliphatic carbocycles. The van der Waals surface area contributed by atoms with Crippen molar-refractivity contribution in [3.8, 4) is 0 Å². The first-order valence-corrected chi connectivity index (χ1v) is 6.91. The monoisotopic (exact) mass is 281 g/mol. The molecular formula is C10H10ClF2NO2S. The van der Waals surface area contributed by atoms with Gasteiger partial charge in [-0.3, -0.25) is 0 Å². The number of alkyl halides is 3. The van der Waals surface area contributed by atoms with Crippen LogP contribution in [-0.2, 0) is 16.4 Å². The van der Waals surface area contributed by atoms with Gasteiger partial charge in [0.15, 0.2) is 0 Å². The minimum atomic E-state index is -4.63. The second-order valence-electron chi connectivity index (χ2n) is 3.82. The van der Waals surface area contributed by atoms with Crippen LogP contribution in [0.15, 0.2) is 24.3 Å². The van der Waals surface area contributed by atoms with E-state index in [4.69, 9.17) is 11.6 Å². The number of nitrogens with one attached hydrogen (secondary N) is 1. The standard InChI is InChI=1S/C10H10ClF2NO2S/c11-8-5-6-3-1-2-4-7(6)9(8)14-17(15,16)10(12)13/h1-4,8-10,14H,5H2. The number of rotatable bonds is 3. The minimum Gasteiger partial charge on any atom is -0.206 e. The second-order valence-corrected chi connectivity index (χ2v) is 6.06. The lowest BCUT2D eigenvalue weighted by molar-refractivity contribution is 0.231. The second kappa shape index (κ2) is 4.51. The summed E-state index contributed by atoms with van der Waals surface area (Å²) in [5.74, 6) is -3.45. The number of benzene rings is 1. The third kappa shape index (κ3) is 2.43. The highest BCUT2D eigenvalue weighted by atomic mass is 35.5. The Labute approximate surface area is 103 Å². The molecule has 17 heavy (non-hydrogen) atoms. The van der Waals surface area contributed by atoms with Crippen molar-refractivity contribution >= 4 is 21.6 Å². The van der Waals surface area contributed by atoms with Gasteiger partial charge >= 0.3 is 5.76 Å². The SMILES string of the molecule is O=S(=O)(NC1c2ccccc2CC1Cl)C(F)F. The van der Waals surface area contributed by atoms with Gasteiger partial charge in [0, 0.05) is 0 Å². The predicted molar refractivity (Wildman–Crippen MR) is 60.6 cm³/mol. The smallest absolute Gasteiger partial charge is 0.206 e. The van der Waals surface area contributed by atoms with E-state index in [1.54, 1.807) is 24.3 Å². The number of halogens is 3. The van der Waals surface area contributed by atoms with E-state index in [-0.39, 0.29) is 0 Å². The quantitative estimate of drug-likeness (QED) is 0.862. The summed E-state index contributed by atoms with van der Waals surface area (Å²) in [6, 6.07) is 6.23. The number of hydrogen-bond donors (Lipinski definition) is 1. The topological polar surface area (TPSA) is 46.2 Å². The van der Waals surface area contributed by atoms with E-state index in [9.17, 15) is 17.2 Å². The van der Waals surface area contributed by atoms with E-state index < -0.39 is 27.2 Å². The average Bonchev–Trinajstić information content (AvgIpc) is 2.55. The summed E-state index contributed by atoms with van der Waals surface area (Å²) in [6.45, 7) is 0. The zero-order valence-corrected chi connectivity index (χ0v) is 10.2. The fourth-order valence-corrected chi connectivity index (χ4v) is 3.10. The molecule has 0 bridgehead atoms. The van der Waals surface area contributed by atoms with Gasteiger partial charge in [0.1, 0.15) is 0 Å². The van der Waals surface area contributed by atoms with Crippen molar-refractivity contribution in [2.45, 2.75) is 23.6 Å². The molecule has 2 unspecified atom stereocenters. The fourth-order valence-electron chi connectivity index (χ4n) is 1.91. The largest absolute Gasteiger partial charge is 0.350 e. The highest BCUT2D eigenvalue weighted by molar-refractivity contribution is 7.89. The Morgan fingerprint density at radius 1 is 1.35 bits per heavy atom. The molecule has 0 aromatic heterocycles. The minimum absolute atomic E-state index is 0.466. The van der Waals surface area contributed by atoms with Crippen LogP contribution in [0.5, 0.6) is 0 Å². The molecule has 1 aliphatic rings. The Hall–Kier alpha value is -0.720. The third-order valence-electron chi connectivity index (χ3n) is 2.69. The van der Waals surface area contributed by atoms with E-state index in [2.05, 4.69) is 0 Å². The molecular weight excluding hydrogens is 272 g/mol. The van der Waals surface area contributed by atoms with Gasteiger partial charge in [0.05, 0.1) is 11.4 Å². The van der Waals surface area contributed by atoms with Gasteiger partial charge in [-0.1, -0.05) is 24.3 Å². The zero-order valence-electron chi connectivity index (χ0n) is 8.61. The molecule has 0 saturated carbocycles. The molecule has 2 rings (SSSR count).